The van der Waals surface area contributed by atoms with Crippen molar-refractivity contribution in [3.63, 3.8) is 0 Å². The first-order valence-electron chi connectivity index (χ1n) is 12.4. The largest absolute Gasteiger partial charge is 0.490 e. The number of nitrogens with one attached hydrogen (secondary N) is 1. The second-order valence-electron chi connectivity index (χ2n) is 9.57. The van der Waals surface area contributed by atoms with Crippen LogP contribution in [0.5, 0.6) is 11.5 Å². The number of imide groups is 2. The van der Waals surface area contributed by atoms with Crippen LogP contribution in [0.2, 0.25) is 0 Å². The first-order chi connectivity index (χ1) is 18.2. The predicted molar refractivity (Wildman–Crippen MR) is 133 cm³/mol. The second-order valence-corrected chi connectivity index (χ2v) is 9.57. The molecular formula is C27H25N3O8. The van der Waals surface area contributed by atoms with E-state index in [2.05, 4.69) is 5.32 Å². The lowest BCUT2D eigenvalue weighted by molar-refractivity contribution is -0.384. The van der Waals surface area contributed by atoms with Crippen LogP contribution in [0, 0.1) is 22.0 Å². The molecule has 196 valence electrons. The summed E-state index contributed by atoms with van der Waals surface area (Å²) in [6, 6.07) is 8.62. The number of barbiturate groups is 1. The third-order valence-electron chi connectivity index (χ3n) is 7.26. The van der Waals surface area contributed by atoms with E-state index in [0.717, 1.165) is 25.7 Å². The number of benzene rings is 2. The number of fused-ring (bicyclic) bond motifs is 2. The zero-order valence-corrected chi connectivity index (χ0v) is 20.5. The average Bonchev–Trinajstić information content (AvgIpc) is 3.52. The van der Waals surface area contributed by atoms with Crippen LogP contribution in [0.4, 0.5) is 10.5 Å². The minimum absolute atomic E-state index is 0.0931. The summed E-state index contributed by atoms with van der Waals surface area (Å²) >= 11 is 0. The van der Waals surface area contributed by atoms with Gasteiger partial charge in [-0.15, -0.1) is 0 Å². The number of nitro benzene ring substituents is 1. The van der Waals surface area contributed by atoms with Gasteiger partial charge in [0.1, 0.15) is 5.57 Å². The molecule has 11 nitrogen and oxygen atoms in total. The van der Waals surface area contributed by atoms with Crippen LogP contribution in [0.25, 0.3) is 6.08 Å². The molecule has 3 aliphatic rings. The SMILES string of the molecule is CCOc1cc(/C=C2\C(=O)NC(=O)N([C@H]3C[C@H]4CC[C@H]3C4)C2=O)ccc1OC(=O)c1ccc([N+](=O)[O-])cc1. The number of carbonyl (C=O) groups is 4. The fraction of sp³-hybridized carbons (Fsp3) is 0.333. The molecule has 0 radical (unpaired) electrons. The Morgan fingerprint density at radius 2 is 1.87 bits per heavy atom. The molecule has 1 N–H and O–H groups in total. The number of hydrogen-bond donors (Lipinski definition) is 1. The van der Waals surface area contributed by atoms with Gasteiger partial charge in [0.25, 0.3) is 17.5 Å². The number of carbonyl (C=O) groups excluding carboxylic acids is 4. The smallest absolute Gasteiger partial charge is 0.343 e. The maximum Gasteiger partial charge on any atom is 0.343 e. The summed E-state index contributed by atoms with van der Waals surface area (Å²) in [5.74, 6) is -1.08. The third-order valence-corrected chi connectivity index (χ3v) is 7.26. The molecule has 4 amide bonds. The summed E-state index contributed by atoms with van der Waals surface area (Å²) in [6.45, 7) is 1.98. The first-order valence-corrected chi connectivity index (χ1v) is 12.4. The summed E-state index contributed by atoms with van der Waals surface area (Å²) in [6.07, 6.45) is 5.21. The Kier molecular flexibility index (Phi) is 6.66. The fourth-order valence-electron chi connectivity index (χ4n) is 5.51. The highest BCUT2D eigenvalue weighted by atomic mass is 16.6. The van der Waals surface area contributed by atoms with Gasteiger partial charge in [-0.1, -0.05) is 12.5 Å². The highest BCUT2D eigenvalue weighted by Gasteiger charge is 2.49. The number of urea groups is 1. The molecule has 3 fully saturated rings. The van der Waals surface area contributed by atoms with E-state index in [4.69, 9.17) is 9.47 Å². The summed E-state index contributed by atoms with van der Waals surface area (Å²) in [5.41, 5.74) is 0.227. The first kappa shape index (κ1) is 25.1. The summed E-state index contributed by atoms with van der Waals surface area (Å²) in [4.78, 5) is 62.5. The normalized spacial score (nSPS) is 23.5. The Bertz CT molecular complexity index is 1370. The Morgan fingerprint density at radius 1 is 1.11 bits per heavy atom. The molecule has 2 aliphatic carbocycles. The van der Waals surface area contributed by atoms with E-state index >= 15 is 0 Å². The zero-order chi connectivity index (χ0) is 27.0. The second kappa shape index (κ2) is 10.1. The van der Waals surface area contributed by atoms with Gasteiger partial charge in [0, 0.05) is 18.2 Å². The molecule has 5 rings (SSSR count). The van der Waals surface area contributed by atoms with Crippen molar-refractivity contribution in [3.05, 3.63) is 69.3 Å². The fourth-order valence-corrected chi connectivity index (χ4v) is 5.51. The minimum Gasteiger partial charge on any atom is -0.490 e. The maximum absolute atomic E-state index is 13.3. The maximum atomic E-state index is 13.3. The van der Waals surface area contributed by atoms with Crippen molar-refractivity contribution >= 4 is 35.6 Å². The van der Waals surface area contributed by atoms with Gasteiger partial charge in [0.15, 0.2) is 11.5 Å². The monoisotopic (exact) mass is 519 g/mol. The molecule has 2 aromatic rings. The predicted octanol–water partition coefficient (Wildman–Crippen LogP) is 3.86. The molecule has 0 spiro atoms. The lowest BCUT2D eigenvalue weighted by Crippen LogP contribution is -2.58. The number of nitro groups is 1. The summed E-state index contributed by atoms with van der Waals surface area (Å²) in [7, 11) is 0. The van der Waals surface area contributed by atoms with Crippen LogP contribution >= 0.6 is 0 Å². The van der Waals surface area contributed by atoms with Crippen molar-refractivity contribution < 1.29 is 33.6 Å². The Hall–Kier alpha value is -4.54. The van der Waals surface area contributed by atoms with E-state index in [9.17, 15) is 29.3 Å². The lowest BCUT2D eigenvalue weighted by atomic mass is 9.93. The van der Waals surface area contributed by atoms with Crippen LogP contribution in [-0.2, 0) is 9.59 Å². The van der Waals surface area contributed by atoms with E-state index in [1.54, 1.807) is 13.0 Å². The third kappa shape index (κ3) is 4.74. The molecular weight excluding hydrogens is 494 g/mol. The van der Waals surface area contributed by atoms with E-state index in [1.165, 1.54) is 47.4 Å². The van der Waals surface area contributed by atoms with Crippen LogP contribution in [-0.4, -0.2) is 46.3 Å². The number of esters is 1. The molecule has 3 atom stereocenters. The van der Waals surface area contributed by atoms with Crippen LogP contribution in [0.3, 0.4) is 0 Å². The number of amides is 4. The highest BCUT2D eigenvalue weighted by Crippen LogP contribution is 2.47. The van der Waals surface area contributed by atoms with Crippen LogP contribution in [0.1, 0.15) is 48.5 Å². The molecule has 0 aromatic heterocycles. The van der Waals surface area contributed by atoms with Crippen LogP contribution in [0.15, 0.2) is 48.0 Å². The number of rotatable bonds is 7. The molecule has 1 saturated heterocycles. The van der Waals surface area contributed by atoms with E-state index in [1.807, 2.05) is 0 Å². The van der Waals surface area contributed by atoms with Crippen molar-refractivity contribution in [1.82, 2.24) is 10.2 Å². The van der Waals surface area contributed by atoms with Gasteiger partial charge < -0.3 is 9.47 Å². The molecule has 11 heteroatoms. The zero-order valence-electron chi connectivity index (χ0n) is 20.5. The van der Waals surface area contributed by atoms with Gasteiger partial charge in [-0.3, -0.25) is 29.9 Å². The van der Waals surface area contributed by atoms with Gasteiger partial charge in [-0.25, -0.2) is 9.59 Å². The standard InChI is InChI=1S/C27H25N3O8/c1-2-37-23-14-16(4-10-22(23)38-26(33)17-6-8-19(9-7-17)30(35)36)12-20-24(31)28-27(34)29(25(20)32)21-13-15-3-5-18(21)11-15/h4,6-10,12,14-15,18,21H,2-3,5,11,13H2,1H3,(H,28,31,34)/b20-12+/t15-,18-,21-/m0/s1. The summed E-state index contributed by atoms with van der Waals surface area (Å²) in [5, 5.41) is 13.1. The number of nitrogens with zero attached hydrogens (tertiary/aromatic N) is 2. The van der Waals surface area contributed by atoms with Crippen molar-refractivity contribution in [1.29, 1.82) is 0 Å². The van der Waals surface area contributed by atoms with Gasteiger partial charge >= 0.3 is 12.0 Å². The average molecular weight is 520 g/mol. The van der Waals surface area contributed by atoms with Gasteiger partial charge in [-0.05, 0) is 73.9 Å². The van der Waals surface area contributed by atoms with Gasteiger partial charge in [0.05, 0.1) is 17.1 Å². The Balaban J connectivity index is 1.38. The van der Waals surface area contributed by atoms with Crippen molar-refractivity contribution in [3.8, 4) is 11.5 Å². The molecule has 2 aromatic carbocycles. The molecule has 2 bridgehead atoms. The number of ether oxygens (including phenoxy) is 2. The number of non-ortho nitro benzene ring substituents is 1. The minimum atomic E-state index is -0.772. The van der Waals surface area contributed by atoms with E-state index < -0.39 is 28.7 Å². The van der Waals surface area contributed by atoms with Crippen molar-refractivity contribution in [2.24, 2.45) is 11.8 Å². The van der Waals surface area contributed by atoms with Crippen molar-refractivity contribution in [2.45, 2.75) is 38.6 Å². The highest BCUT2D eigenvalue weighted by molar-refractivity contribution is 6.31. The van der Waals surface area contributed by atoms with Crippen molar-refractivity contribution in [2.75, 3.05) is 6.61 Å². The van der Waals surface area contributed by atoms with Crippen LogP contribution < -0.4 is 14.8 Å². The lowest BCUT2D eigenvalue weighted by Gasteiger charge is -2.35. The summed E-state index contributed by atoms with van der Waals surface area (Å²) < 4.78 is 11.1. The van der Waals surface area contributed by atoms with Gasteiger partial charge in [-0.2, -0.15) is 0 Å². The quantitative estimate of drug-likeness (QED) is 0.145. The Morgan fingerprint density at radius 3 is 2.50 bits per heavy atom. The van der Waals surface area contributed by atoms with E-state index in [0.29, 0.717) is 11.5 Å². The van der Waals surface area contributed by atoms with E-state index in [-0.39, 0.29) is 46.9 Å². The molecule has 38 heavy (non-hydrogen) atoms. The molecule has 1 heterocycles. The number of hydrogen-bond acceptors (Lipinski definition) is 8. The molecule has 2 saturated carbocycles. The topological polar surface area (TPSA) is 145 Å². The van der Waals surface area contributed by atoms with Gasteiger partial charge in [0.2, 0.25) is 0 Å². The molecule has 1 aliphatic heterocycles. The molecule has 0 unspecified atom stereocenters. The Labute approximate surface area is 217 Å².